The zero-order chi connectivity index (χ0) is 15.2. The lowest BCUT2D eigenvalue weighted by Crippen LogP contribution is -2.21. The monoisotopic (exact) mass is 392 g/mol. The summed E-state index contributed by atoms with van der Waals surface area (Å²) in [4.78, 5) is 8.60. The van der Waals surface area contributed by atoms with Crippen molar-refractivity contribution in [2.24, 2.45) is 0 Å². The Kier molecular flexibility index (Phi) is 3.39. The molecule has 0 saturated carbocycles. The first-order valence-corrected chi connectivity index (χ1v) is 7.84. The van der Waals surface area contributed by atoms with E-state index in [-0.39, 0.29) is 5.54 Å². The van der Waals surface area contributed by atoms with E-state index in [9.17, 15) is 0 Å². The smallest absolute Gasteiger partial charge is 0.146 e. The van der Waals surface area contributed by atoms with Crippen molar-refractivity contribution < 1.29 is 0 Å². The Morgan fingerprint density at radius 3 is 2.38 bits per heavy atom. The maximum Gasteiger partial charge on any atom is 0.146 e. The minimum Gasteiger partial charge on any atom is -0.383 e. The number of halogens is 1. The van der Waals surface area contributed by atoms with Gasteiger partial charge in [-0.15, -0.1) is 0 Å². The van der Waals surface area contributed by atoms with Crippen molar-refractivity contribution in [1.82, 2.24) is 14.5 Å². The van der Waals surface area contributed by atoms with Crippen LogP contribution in [0.15, 0.2) is 36.8 Å². The van der Waals surface area contributed by atoms with E-state index < -0.39 is 0 Å². The van der Waals surface area contributed by atoms with Crippen LogP contribution in [0.5, 0.6) is 0 Å². The van der Waals surface area contributed by atoms with Crippen LogP contribution < -0.4 is 5.73 Å². The molecule has 0 radical (unpaired) electrons. The summed E-state index contributed by atoms with van der Waals surface area (Å²) in [5, 5.41) is 0.925. The lowest BCUT2D eigenvalue weighted by atomic mass is 10.1. The minimum absolute atomic E-state index is 0.0690. The first kappa shape index (κ1) is 14.3. The highest BCUT2D eigenvalue weighted by molar-refractivity contribution is 14.1. The molecular formula is C16H17IN4. The number of hydrogen-bond acceptors (Lipinski definition) is 3. The fourth-order valence-electron chi connectivity index (χ4n) is 2.44. The standard InChI is InChI=1S/C16H17IN4/c1-16(2,3)21-8-12(10-4-6-11(17)7-5-10)13-14(18)19-9-20-15(13)21/h4-9H,1-3H3,(H2,18,19,20). The molecule has 108 valence electrons. The molecule has 5 heteroatoms. The second kappa shape index (κ2) is 4.98. The highest BCUT2D eigenvalue weighted by Gasteiger charge is 2.21. The molecule has 0 spiro atoms. The van der Waals surface area contributed by atoms with E-state index in [1.54, 1.807) is 0 Å². The van der Waals surface area contributed by atoms with Gasteiger partial charge in [-0.3, -0.25) is 0 Å². The van der Waals surface area contributed by atoms with Crippen LogP contribution in [0.1, 0.15) is 20.8 Å². The van der Waals surface area contributed by atoms with E-state index in [0.29, 0.717) is 5.82 Å². The highest BCUT2D eigenvalue weighted by Crippen LogP contribution is 2.35. The Labute approximate surface area is 137 Å². The van der Waals surface area contributed by atoms with Crippen molar-refractivity contribution in [3.8, 4) is 11.1 Å². The number of benzene rings is 1. The van der Waals surface area contributed by atoms with Gasteiger partial charge >= 0.3 is 0 Å². The normalized spacial score (nSPS) is 12.0. The van der Waals surface area contributed by atoms with E-state index in [0.717, 1.165) is 22.2 Å². The summed E-state index contributed by atoms with van der Waals surface area (Å²) in [7, 11) is 0. The summed E-state index contributed by atoms with van der Waals surface area (Å²) in [6.45, 7) is 6.47. The molecule has 0 aliphatic heterocycles. The predicted octanol–water partition coefficient (Wildman–Crippen LogP) is 4.04. The Morgan fingerprint density at radius 2 is 1.76 bits per heavy atom. The third-order valence-electron chi connectivity index (χ3n) is 3.49. The first-order valence-electron chi connectivity index (χ1n) is 6.76. The quantitative estimate of drug-likeness (QED) is 0.636. The third kappa shape index (κ3) is 2.50. The van der Waals surface area contributed by atoms with Crippen LogP contribution in [-0.4, -0.2) is 14.5 Å². The van der Waals surface area contributed by atoms with E-state index >= 15 is 0 Å². The minimum atomic E-state index is -0.0690. The van der Waals surface area contributed by atoms with Crippen molar-refractivity contribution >= 4 is 39.4 Å². The predicted molar refractivity (Wildman–Crippen MR) is 95.1 cm³/mol. The van der Waals surface area contributed by atoms with Crippen molar-refractivity contribution in [1.29, 1.82) is 0 Å². The lowest BCUT2D eigenvalue weighted by Gasteiger charge is -2.21. The lowest BCUT2D eigenvalue weighted by molar-refractivity contribution is 0.408. The summed E-state index contributed by atoms with van der Waals surface area (Å²) in [6, 6.07) is 8.40. The Bertz CT molecular complexity index is 797. The van der Waals surface area contributed by atoms with Crippen LogP contribution in [0, 0.1) is 3.57 Å². The van der Waals surface area contributed by atoms with Gasteiger partial charge in [-0.1, -0.05) is 12.1 Å². The van der Waals surface area contributed by atoms with Crippen LogP contribution in [0.2, 0.25) is 0 Å². The van der Waals surface area contributed by atoms with E-state index in [1.807, 2.05) is 0 Å². The Balaban J connectivity index is 2.35. The molecule has 4 nitrogen and oxygen atoms in total. The topological polar surface area (TPSA) is 56.7 Å². The second-order valence-electron chi connectivity index (χ2n) is 6.05. The van der Waals surface area contributed by atoms with Gasteiger partial charge in [0.25, 0.3) is 0 Å². The summed E-state index contributed by atoms with van der Waals surface area (Å²) in [5.74, 6) is 0.525. The van der Waals surface area contributed by atoms with Gasteiger partial charge in [0.2, 0.25) is 0 Å². The number of aromatic nitrogens is 3. The number of nitrogens with two attached hydrogens (primary N) is 1. The molecule has 0 unspecified atom stereocenters. The van der Waals surface area contributed by atoms with Gasteiger partial charge in [0.15, 0.2) is 0 Å². The van der Waals surface area contributed by atoms with E-state index in [4.69, 9.17) is 5.73 Å². The van der Waals surface area contributed by atoms with Gasteiger partial charge in [-0.2, -0.15) is 0 Å². The van der Waals surface area contributed by atoms with Crippen molar-refractivity contribution in [2.75, 3.05) is 5.73 Å². The molecule has 0 fully saturated rings. The molecule has 21 heavy (non-hydrogen) atoms. The SMILES string of the molecule is CC(C)(C)n1cc(-c2ccc(I)cc2)c2c(N)ncnc21. The van der Waals surface area contributed by atoms with Gasteiger partial charge in [0, 0.05) is 20.9 Å². The number of anilines is 1. The number of rotatable bonds is 1. The molecule has 0 atom stereocenters. The van der Waals surface area contributed by atoms with Gasteiger partial charge in [0.1, 0.15) is 17.8 Å². The fraction of sp³-hybridized carbons (Fsp3) is 0.250. The number of hydrogen-bond donors (Lipinski definition) is 1. The zero-order valence-electron chi connectivity index (χ0n) is 12.3. The largest absolute Gasteiger partial charge is 0.383 e. The van der Waals surface area contributed by atoms with Crippen molar-refractivity contribution in [3.05, 3.63) is 40.4 Å². The zero-order valence-corrected chi connectivity index (χ0v) is 14.4. The molecular weight excluding hydrogens is 375 g/mol. The summed E-state index contributed by atoms with van der Waals surface area (Å²) in [5.41, 5.74) is 9.13. The van der Waals surface area contributed by atoms with Crippen molar-refractivity contribution in [2.45, 2.75) is 26.3 Å². The summed E-state index contributed by atoms with van der Waals surface area (Å²) < 4.78 is 3.37. The molecule has 1 aromatic carbocycles. The van der Waals surface area contributed by atoms with Crippen LogP contribution in [0.25, 0.3) is 22.2 Å². The Hall–Kier alpha value is -1.63. The maximum atomic E-state index is 6.11. The second-order valence-corrected chi connectivity index (χ2v) is 7.29. The molecule has 0 aliphatic carbocycles. The summed E-state index contributed by atoms with van der Waals surface area (Å²) in [6.07, 6.45) is 3.65. The average molecular weight is 392 g/mol. The fourth-order valence-corrected chi connectivity index (χ4v) is 2.80. The number of nitrogens with zero attached hydrogens (tertiary/aromatic N) is 3. The van der Waals surface area contributed by atoms with Crippen LogP contribution in [0.4, 0.5) is 5.82 Å². The van der Waals surface area contributed by atoms with Gasteiger partial charge in [-0.25, -0.2) is 9.97 Å². The van der Waals surface area contributed by atoms with Gasteiger partial charge in [-0.05, 0) is 61.1 Å². The van der Waals surface area contributed by atoms with Crippen LogP contribution in [-0.2, 0) is 5.54 Å². The molecule has 0 saturated heterocycles. The van der Waals surface area contributed by atoms with Crippen LogP contribution >= 0.6 is 22.6 Å². The number of fused-ring (bicyclic) bond motifs is 1. The van der Waals surface area contributed by atoms with Gasteiger partial charge in [0.05, 0.1) is 5.39 Å². The molecule has 0 amide bonds. The molecule has 2 N–H and O–H groups in total. The van der Waals surface area contributed by atoms with E-state index in [1.165, 1.54) is 9.90 Å². The number of nitrogen functional groups attached to an aromatic ring is 1. The molecule has 2 aromatic heterocycles. The average Bonchev–Trinajstić information content (AvgIpc) is 2.80. The van der Waals surface area contributed by atoms with Crippen LogP contribution in [0.3, 0.4) is 0 Å². The molecule has 0 bridgehead atoms. The molecule has 0 aliphatic rings. The van der Waals surface area contributed by atoms with E-state index in [2.05, 4.69) is 88.4 Å². The highest BCUT2D eigenvalue weighted by atomic mass is 127. The van der Waals surface area contributed by atoms with Gasteiger partial charge < -0.3 is 10.3 Å². The molecule has 3 rings (SSSR count). The maximum absolute atomic E-state index is 6.11. The molecule has 3 aromatic rings. The van der Waals surface area contributed by atoms with Crippen molar-refractivity contribution in [3.63, 3.8) is 0 Å². The molecule has 2 heterocycles. The summed E-state index contributed by atoms with van der Waals surface area (Å²) >= 11 is 2.30. The Morgan fingerprint density at radius 1 is 1.10 bits per heavy atom. The third-order valence-corrected chi connectivity index (χ3v) is 4.21. The first-order chi connectivity index (χ1) is 9.88.